The summed E-state index contributed by atoms with van der Waals surface area (Å²) in [4.78, 5) is 28.1. The minimum atomic E-state index is -0.567. The molecule has 0 N–H and O–H groups in total. The van der Waals surface area contributed by atoms with Crippen LogP contribution in [0.15, 0.2) is 71.5 Å². The van der Waals surface area contributed by atoms with Crippen molar-refractivity contribution in [2.45, 2.75) is 24.3 Å². The van der Waals surface area contributed by atoms with Crippen molar-refractivity contribution in [2.75, 3.05) is 33.4 Å². The summed E-state index contributed by atoms with van der Waals surface area (Å²) in [7, 11) is 1.61. The molecule has 1 aromatic heterocycles. The monoisotopic (exact) mass is 445 g/mol. The number of benzene rings is 2. The number of likely N-dealkylation sites (tertiary alicyclic amines) is 1. The van der Waals surface area contributed by atoms with E-state index in [1.54, 1.807) is 13.2 Å². The zero-order valence-corrected chi connectivity index (χ0v) is 18.6. The Morgan fingerprint density at radius 3 is 2.42 bits per heavy atom. The van der Waals surface area contributed by atoms with E-state index in [1.807, 2.05) is 59.5 Å². The number of aromatic nitrogens is 2. The molecule has 0 saturated carbocycles. The molecule has 0 radical (unpaired) electrons. The van der Waals surface area contributed by atoms with Crippen molar-refractivity contribution in [2.24, 2.45) is 0 Å². The fraction of sp³-hybridized carbons (Fsp3) is 0.346. The molecule has 2 aromatic carbocycles. The summed E-state index contributed by atoms with van der Waals surface area (Å²) in [6.07, 6.45) is 1.33. The topological polar surface area (TPSA) is 73.7 Å². The van der Waals surface area contributed by atoms with Crippen molar-refractivity contribution >= 4 is 5.91 Å². The summed E-state index contributed by atoms with van der Waals surface area (Å²) in [5.41, 5.74) is 1.79. The Kier molecular flexibility index (Phi) is 5.72. The first-order valence-electron chi connectivity index (χ1n) is 11.3. The van der Waals surface area contributed by atoms with Gasteiger partial charge in [0, 0.05) is 37.9 Å². The second-order valence-corrected chi connectivity index (χ2v) is 8.63. The average Bonchev–Trinajstić information content (AvgIpc) is 2.85. The smallest absolute Gasteiger partial charge is 0.267 e. The Labute approximate surface area is 192 Å². The van der Waals surface area contributed by atoms with Crippen LogP contribution in [0.2, 0.25) is 0 Å². The van der Waals surface area contributed by atoms with Gasteiger partial charge in [0.2, 0.25) is 5.91 Å². The summed E-state index contributed by atoms with van der Waals surface area (Å²) < 4.78 is 12.5. The van der Waals surface area contributed by atoms with E-state index in [-0.39, 0.29) is 17.5 Å². The summed E-state index contributed by atoms with van der Waals surface area (Å²) in [6, 6.07) is 20.7. The number of nitrogens with zero attached hydrogens (tertiary/aromatic N) is 3. The van der Waals surface area contributed by atoms with Crippen LogP contribution in [0.5, 0.6) is 5.75 Å². The van der Waals surface area contributed by atoms with Crippen molar-refractivity contribution in [1.82, 2.24) is 14.7 Å². The van der Waals surface area contributed by atoms with E-state index in [1.165, 1.54) is 10.7 Å². The highest BCUT2D eigenvalue weighted by Gasteiger charge is 2.47. The number of carbonyl (C=O) groups excluding carboxylic acids is 1. The predicted octanol–water partition coefficient (Wildman–Crippen LogP) is 3.05. The maximum atomic E-state index is 13.7. The van der Waals surface area contributed by atoms with Crippen molar-refractivity contribution < 1.29 is 14.3 Å². The zero-order valence-electron chi connectivity index (χ0n) is 18.6. The van der Waals surface area contributed by atoms with Gasteiger partial charge in [0.05, 0.1) is 24.3 Å². The second kappa shape index (κ2) is 8.83. The number of methoxy groups -OCH3 is 1. The Hall–Kier alpha value is -3.45. The van der Waals surface area contributed by atoms with Crippen LogP contribution in [-0.2, 0) is 14.9 Å². The molecule has 170 valence electrons. The molecule has 3 heterocycles. The van der Waals surface area contributed by atoms with Gasteiger partial charge < -0.3 is 14.4 Å². The lowest BCUT2D eigenvalue weighted by Gasteiger charge is -2.46. The van der Waals surface area contributed by atoms with E-state index in [2.05, 4.69) is 5.10 Å². The molecule has 2 aliphatic heterocycles. The molecule has 7 nitrogen and oxygen atoms in total. The first kappa shape index (κ1) is 21.4. The fourth-order valence-electron chi connectivity index (χ4n) is 4.87. The van der Waals surface area contributed by atoms with Crippen LogP contribution in [0.25, 0.3) is 11.3 Å². The molecule has 1 amide bonds. The predicted molar refractivity (Wildman–Crippen MR) is 124 cm³/mol. The lowest BCUT2D eigenvalue weighted by molar-refractivity contribution is -0.147. The molecular weight excluding hydrogens is 418 g/mol. The third-order valence-corrected chi connectivity index (χ3v) is 6.79. The largest absolute Gasteiger partial charge is 0.496 e. The van der Waals surface area contributed by atoms with Crippen LogP contribution < -0.4 is 10.3 Å². The molecule has 7 heteroatoms. The van der Waals surface area contributed by atoms with Gasteiger partial charge in [0.15, 0.2) is 0 Å². The van der Waals surface area contributed by atoms with Crippen LogP contribution in [0.3, 0.4) is 0 Å². The van der Waals surface area contributed by atoms with Crippen LogP contribution in [0.4, 0.5) is 0 Å². The van der Waals surface area contributed by atoms with E-state index in [9.17, 15) is 9.59 Å². The molecule has 2 fully saturated rings. The van der Waals surface area contributed by atoms with Gasteiger partial charge in [-0.3, -0.25) is 9.59 Å². The number of amides is 1. The standard InChI is InChI=1S/C26H27N3O4/c1-32-23-10-6-5-9-21(23)22-11-12-24(30)29(27-22)20-17-28(18-20)25(31)26(13-15-33-16-14-26)19-7-3-2-4-8-19/h2-12,20H,13-18H2,1H3. The maximum Gasteiger partial charge on any atom is 0.267 e. The third kappa shape index (κ3) is 3.82. The van der Waals surface area contributed by atoms with Gasteiger partial charge in [0.25, 0.3) is 5.56 Å². The van der Waals surface area contributed by atoms with Gasteiger partial charge in [-0.15, -0.1) is 0 Å². The molecule has 3 aromatic rings. The Bertz CT molecular complexity index is 1200. The highest BCUT2D eigenvalue weighted by Crippen LogP contribution is 2.39. The van der Waals surface area contributed by atoms with Gasteiger partial charge in [-0.2, -0.15) is 5.10 Å². The maximum absolute atomic E-state index is 13.7. The SMILES string of the molecule is COc1ccccc1-c1ccc(=O)n(C2CN(C(=O)C3(c4ccccc4)CCOCC3)C2)n1. The number of rotatable bonds is 5. The van der Waals surface area contributed by atoms with Gasteiger partial charge in [-0.05, 0) is 36.6 Å². The number of para-hydroxylation sites is 1. The summed E-state index contributed by atoms with van der Waals surface area (Å²) in [6.45, 7) is 2.08. The van der Waals surface area contributed by atoms with Crippen molar-refractivity contribution in [3.63, 3.8) is 0 Å². The minimum absolute atomic E-state index is 0.113. The molecule has 5 rings (SSSR count). The zero-order chi connectivity index (χ0) is 22.8. The van der Waals surface area contributed by atoms with E-state index in [0.29, 0.717) is 50.6 Å². The Morgan fingerprint density at radius 2 is 1.70 bits per heavy atom. The molecule has 0 spiro atoms. The number of hydrogen-bond donors (Lipinski definition) is 0. The van der Waals surface area contributed by atoms with Crippen molar-refractivity contribution in [3.8, 4) is 17.0 Å². The van der Waals surface area contributed by atoms with E-state index >= 15 is 0 Å². The van der Waals surface area contributed by atoms with Gasteiger partial charge in [0.1, 0.15) is 5.75 Å². The van der Waals surface area contributed by atoms with Gasteiger partial charge >= 0.3 is 0 Å². The first-order valence-corrected chi connectivity index (χ1v) is 11.3. The summed E-state index contributed by atoms with van der Waals surface area (Å²) in [5, 5.41) is 4.62. The van der Waals surface area contributed by atoms with E-state index in [4.69, 9.17) is 9.47 Å². The molecular formula is C26H27N3O4. The van der Waals surface area contributed by atoms with E-state index < -0.39 is 5.41 Å². The van der Waals surface area contributed by atoms with Crippen LogP contribution in [-0.4, -0.2) is 54.0 Å². The van der Waals surface area contributed by atoms with Crippen molar-refractivity contribution in [3.05, 3.63) is 82.6 Å². The third-order valence-electron chi connectivity index (χ3n) is 6.79. The van der Waals surface area contributed by atoms with E-state index in [0.717, 1.165) is 11.1 Å². The van der Waals surface area contributed by atoms with Crippen LogP contribution >= 0.6 is 0 Å². The lowest BCUT2D eigenvalue weighted by Crippen LogP contribution is -2.59. The Balaban J connectivity index is 1.38. The Morgan fingerprint density at radius 1 is 1.00 bits per heavy atom. The number of ether oxygens (including phenoxy) is 2. The highest BCUT2D eigenvalue weighted by atomic mass is 16.5. The molecule has 0 aliphatic carbocycles. The molecule has 0 bridgehead atoms. The molecule has 2 saturated heterocycles. The quantitative estimate of drug-likeness (QED) is 0.604. The highest BCUT2D eigenvalue weighted by molar-refractivity contribution is 5.89. The first-order chi connectivity index (χ1) is 16.1. The summed E-state index contributed by atoms with van der Waals surface area (Å²) in [5.74, 6) is 0.812. The summed E-state index contributed by atoms with van der Waals surface area (Å²) >= 11 is 0. The molecule has 0 unspecified atom stereocenters. The van der Waals surface area contributed by atoms with Crippen LogP contribution in [0.1, 0.15) is 24.4 Å². The van der Waals surface area contributed by atoms with Gasteiger partial charge in [-0.1, -0.05) is 42.5 Å². The minimum Gasteiger partial charge on any atom is -0.496 e. The number of carbonyl (C=O) groups is 1. The fourth-order valence-corrected chi connectivity index (χ4v) is 4.87. The molecule has 0 atom stereocenters. The average molecular weight is 446 g/mol. The lowest BCUT2D eigenvalue weighted by atomic mass is 9.72. The van der Waals surface area contributed by atoms with Crippen molar-refractivity contribution in [1.29, 1.82) is 0 Å². The number of hydrogen-bond acceptors (Lipinski definition) is 5. The molecule has 2 aliphatic rings. The van der Waals surface area contributed by atoms with Crippen LogP contribution in [0, 0.1) is 0 Å². The normalized spacial score (nSPS) is 17.9. The van der Waals surface area contributed by atoms with Gasteiger partial charge in [-0.25, -0.2) is 4.68 Å². The second-order valence-electron chi connectivity index (χ2n) is 8.63. The molecule has 33 heavy (non-hydrogen) atoms.